The Morgan fingerprint density at radius 3 is 2.60 bits per heavy atom. The number of aromatic nitrogens is 1. The Balaban J connectivity index is 2.01. The quantitative estimate of drug-likeness (QED) is 0.863. The number of rotatable bonds is 3. The summed E-state index contributed by atoms with van der Waals surface area (Å²) in [7, 11) is 0. The van der Waals surface area contributed by atoms with Crippen molar-refractivity contribution in [2.75, 3.05) is 5.32 Å². The van der Waals surface area contributed by atoms with Gasteiger partial charge in [-0.15, -0.1) is 0 Å². The minimum Gasteiger partial charge on any atom is -0.307 e. The number of carbonyl (C=O) groups excluding carboxylic acids is 1. The molecule has 0 spiro atoms. The lowest BCUT2D eigenvalue weighted by Gasteiger charge is -2.03. The van der Waals surface area contributed by atoms with Crippen molar-refractivity contribution in [1.29, 1.82) is 0 Å². The summed E-state index contributed by atoms with van der Waals surface area (Å²) in [5.41, 5.74) is 1.55. The first-order valence-corrected chi connectivity index (χ1v) is 6.72. The van der Waals surface area contributed by atoms with Gasteiger partial charge in [-0.1, -0.05) is 12.1 Å². The number of carbonyl (C=O) groups is 1. The predicted octanol–water partition coefficient (Wildman–Crippen LogP) is 3.94. The molecule has 2 rings (SSSR count). The highest BCUT2D eigenvalue weighted by molar-refractivity contribution is 9.10. The Morgan fingerprint density at radius 1 is 1.25 bits per heavy atom. The molecule has 0 radical (unpaired) electrons. The van der Waals surface area contributed by atoms with Gasteiger partial charge in [0.15, 0.2) is 0 Å². The number of hydrogen-bond donors (Lipinski definition) is 1. The van der Waals surface area contributed by atoms with Gasteiger partial charge in [-0.2, -0.15) is 0 Å². The third-order valence-corrected chi connectivity index (χ3v) is 3.41. The maximum absolute atomic E-state index is 12.7. The number of nitrogens with one attached hydrogen (secondary N) is 1. The molecule has 0 aliphatic rings. The largest absolute Gasteiger partial charge is 0.307 e. The Morgan fingerprint density at radius 2 is 1.95 bits per heavy atom. The Bertz CT molecular complexity index is 653. The van der Waals surface area contributed by atoms with E-state index in [1.54, 1.807) is 24.3 Å². The molecular weight excluding hydrogens is 323 g/mol. The SMILES string of the molecule is Cc1nc(NC(=O)C=Cc2ccc(F)cc2)ccc1Br. The fourth-order valence-electron chi connectivity index (χ4n) is 1.53. The Hall–Kier alpha value is -2.01. The molecule has 1 heterocycles. The molecule has 1 amide bonds. The zero-order chi connectivity index (χ0) is 14.5. The van der Waals surface area contributed by atoms with Crippen molar-refractivity contribution in [1.82, 2.24) is 4.98 Å². The average molecular weight is 335 g/mol. The highest BCUT2D eigenvalue weighted by Gasteiger charge is 2.01. The fourth-order valence-corrected chi connectivity index (χ4v) is 1.75. The number of pyridine rings is 1. The molecule has 102 valence electrons. The first-order chi connectivity index (χ1) is 9.54. The van der Waals surface area contributed by atoms with Gasteiger partial charge in [-0.25, -0.2) is 9.37 Å². The van der Waals surface area contributed by atoms with Crippen molar-refractivity contribution in [3.63, 3.8) is 0 Å². The summed E-state index contributed by atoms with van der Waals surface area (Å²) < 4.78 is 13.6. The molecule has 0 unspecified atom stereocenters. The van der Waals surface area contributed by atoms with E-state index >= 15 is 0 Å². The summed E-state index contributed by atoms with van der Waals surface area (Å²) in [4.78, 5) is 15.9. The van der Waals surface area contributed by atoms with Crippen LogP contribution in [0.3, 0.4) is 0 Å². The minimum absolute atomic E-state index is 0.288. The van der Waals surface area contributed by atoms with E-state index in [1.807, 2.05) is 13.0 Å². The number of halogens is 2. The molecule has 1 aromatic heterocycles. The maximum Gasteiger partial charge on any atom is 0.249 e. The van der Waals surface area contributed by atoms with Crippen LogP contribution in [0.4, 0.5) is 10.2 Å². The molecule has 1 N–H and O–H groups in total. The van der Waals surface area contributed by atoms with Gasteiger partial charge >= 0.3 is 0 Å². The molecule has 1 aromatic carbocycles. The van der Waals surface area contributed by atoms with Crippen molar-refractivity contribution in [2.24, 2.45) is 0 Å². The fraction of sp³-hybridized carbons (Fsp3) is 0.0667. The summed E-state index contributed by atoms with van der Waals surface area (Å²) in [6.07, 6.45) is 2.99. The van der Waals surface area contributed by atoms with Crippen LogP contribution < -0.4 is 5.32 Å². The number of aryl methyl sites for hydroxylation is 1. The van der Waals surface area contributed by atoms with Gasteiger partial charge in [-0.3, -0.25) is 4.79 Å². The van der Waals surface area contributed by atoms with E-state index in [0.717, 1.165) is 15.7 Å². The van der Waals surface area contributed by atoms with Crippen LogP contribution in [0.2, 0.25) is 0 Å². The summed E-state index contributed by atoms with van der Waals surface area (Å²) in [6.45, 7) is 1.84. The lowest BCUT2D eigenvalue weighted by Crippen LogP contribution is -2.09. The molecule has 0 aliphatic carbocycles. The summed E-state index contributed by atoms with van der Waals surface area (Å²) in [6, 6.07) is 9.42. The standard InChI is InChI=1S/C15H12BrFN2O/c1-10-13(16)7-8-14(18-10)19-15(20)9-4-11-2-5-12(17)6-3-11/h2-9H,1H3,(H,18,19,20). The zero-order valence-corrected chi connectivity index (χ0v) is 12.3. The Labute approximate surface area is 124 Å². The van der Waals surface area contributed by atoms with Crippen molar-refractivity contribution in [2.45, 2.75) is 6.92 Å². The second-order valence-electron chi connectivity index (χ2n) is 4.14. The van der Waals surface area contributed by atoms with Crippen molar-refractivity contribution in [3.8, 4) is 0 Å². The molecule has 5 heteroatoms. The highest BCUT2D eigenvalue weighted by Crippen LogP contribution is 2.16. The minimum atomic E-state index is -0.305. The van der Waals surface area contributed by atoms with Gasteiger partial charge in [0, 0.05) is 10.5 Å². The zero-order valence-electron chi connectivity index (χ0n) is 10.7. The van der Waals surface area contributed by atoms with E-state index < -0.39 is 0 Å². The second kappa shape index (κ2) is 6.43. The van der Waals surface area contributed by atoms with Gasteiger partial charge < -0.3 is 5.32 Å². The van der Waals surface area contributed by atoms with Gasteiger partial charge in [0.1, 0.15) is 11.6 Å². The molecule has 3 nitrogen and oxygen atoms in total. The second-order valence-corrected chi connectivity index (χ2v) is 4.99. The van der Waals surface area contributed by atoms with E-state index in [2.05, 4.69) is 26.2 Å². The van der Waals surface area contributed by atoms with Gasteiger partial charge in [0.2, 0.25) is 5.91 Å². The molecule has 2 aromatic rings. The van der Waals surface area contributed by atoms with Crippen LogP contribution in [-0.2, 0) is 4.79 Å². The summed E-state index contributed by atoms with van der Waals surface area (Å²) in [5.74, 6) is -0.107. The van der Waals surface area contributed by atoms with Crippen LogP contribution in [0.15, 0.2) is 46.9 Å². The molecule has 0 bridgehead atoms. The van der Waals surface area contributed by atoms with Crippen LogP contribution in [0.5, 0.6) is 0 Å². The van der Waals surface area contributed by atoms with Crippen LogP contribution in [0.25, 0.3) is 6.08 Å². The Kier molecular flexibility index (Phi) is 4.63. The van der Waals surface area contributed by atoms with Crippen molar-refractivity contribution >= 4 is 33.7 Å². The van der Waals surface area contributed by atoms with Gasteiger partial charge in [0.05, 0.1) is 5.69 Å². The molecule has 20 heavy (non-hydrogen) atoms. The van der Waals surface area contributed by atoms with E-state index in [1.165, 1.54) is 18.2 Å². The van der Waals surface area contributed by atoms with E-state index in [9.17, 15) is 9.18 Å². The normalized spacial score (nSPS) is 10.8. The molecular formula is C15H12BrFN2O. The summed E-state index contributed by atoms with van der Waals surface area (Å²) in [5, 5.41) is 2.66. The van der Waals surface area contributed by atoms with Crippen LogP contribution in [-0.4, -0.2) is 10.9 Å². The smallest absolute Gasteiger partial charge is 0.249 e. The van der Waals surface area contributed by atoms with Gasteiger partial charge in [0.25, 0.3) is 0 Å². The number of amides is 1. The van der Waals surface area contributed by atoms with Crippen LogP contribution >= 0.6 is 15.9 Å². The number of anilines is 1. The van der Waals surface area contributed by atoms with Gasteiger partial charge in [-0.05, 0) is 58.8 Å². The third kappa shape index (κ3) is 3.99. The van der Waals surface area contributed by atoms with Crippen LogP contribution in [0, 0.1) is 12.7 Å². The predicted molar refractivity (Wildman–Crippen MR) is 80.7 cm³/mol. The molecule has 0 aliphatic heterocycles. The number of hydrogen-bond acceptors (Lipinski definition) is 2. The average Bonchev–Trinajstić information content (AvgIpc) is 2.42. The first-order valence-electron chi connectivity index (χ1n) is 5.92. The highest BCUT2D eigenvalue weighted by atomic mass is 79.9. The number of benzene rings is 1. The lowest BCUT2D eigenvalue weighted by molar-refractivity contribution is -0.111. The number of nitrogens with zero attached hydrogens (tertiary/aromatic N) is 1. The van der Waals surface area contributed by atoms with Crippen LogP contribution in [0.1, 0.15) is 11.3 Å². The third-order valence-electron chi connectivity index (χ3n) is 2.57. The van der Waals surface area contributed by atoms with E-state index in [0.29, 0.717) is 5.82 Å². The lowest BCUT2D eigenvalue weighted by atomic mass is 10.2. The monoisotopic (exact) mass is 334 g/mol. The van der Waals surface area contributed by atoms with E-state index in [4.69, 9.17) is 0 Å². The maximum atomic E-state index is 12.7. The van der Waals surface area contributed by atoms with Crippen molar-refractivity contribution < 1.29 is 9.18 Å². The topological polar surface area (TPSA) is 42.0 Å². The first kappa shape index (κ1) is 14.4. The molecule has 0 atom stereocenters. The summed E-state index contributed by atoms with van der Waals surface area (Å²) >= 11 is 3.34. The van der Waals surface area contributed by atoms with E-state index in [-0.39, 0.29) is 11.7 Å². The van der Waals surface area contributed by atoms with Crippen molar-refractivity contribution in [3.05, 3.63) is 64.0 Å². The molecule has 0 saturated heterocycles. The molecule has 0 saturated carbocycles. The molecule has 0 fully saturated rings.